The Kier molecular flexibility index (Phi) is 50.6. The van der Waals surface area contributed by atoms with Crippen molar-refractivity contribution in [2.24, 2.45) is 0 Å². The highest BCUT2D eigenvalue weighted by atomic mass is 16.6. The zero-order valence-electron chi connectivity index (χ0n) is 42.9. The molecule has 0 saturated carbocycles. The van der Waals surface area contributed by atoms with Crippen molar-refractivity contribution in [3.8, 4) is 0 Å². The number of esters is 3. The van der Waals surface area contributed by atoms with Crippen molar-refractivity contribution < 1.29 is 28.6 Å². The maximum atomic E-state index is 12.8. The molecule has 0 radical (unpaired) electrons. The van der Waals surface area contributed by atoms with Crippen molar-refractivity contribution in [3.63, 3.8) is 0 Å². The van der Waals surface area contributed by atoms with E-state index in [0.717, 1.165) is 96.3 Å². The Bertz CT molecular complexity index is 1480. The fourth-order valence-electron chi connectivity index (χ4n) is 6.63. The van der Waals surface area contributed by atoms with Crippen LogP contribution in [0.2, 0.25) is 0 Å². The Morgan fingerprint density at radius 1 is 0.313 bits per heavy atom. The van der Waals surface area contributed by atoms with Crippen molar-refractivity contribution in [1.29, 1.82) is 0 Å². The van der Waals surface area contributed by atoms with Gasteiger partial charge in [0.1, 0.15) is 13.2 Å². The third kappa shape index (κ3) is 52.4. The van der Waals surface area contributed by atoms with Gasteiger partial charge in [-0.3, -0.25) is 14.4 Å². The molecule has 67 heavy (non-hydrogen) atoms. The fourth-order valence-corrected chi connectivity index (χ4v) is 6.63. The molecule has 0 unspecified atom stereocenters. The van der Waals surface area contributed by atoms with Gasteiger partial charge in [0, 0.05) is 19.3 Å². The van der Waals surface area contributed by atoms with Gasteiger partial charge in [-0.1, -0.05) is 206 Å². The molecule has 0 saturated heterocycles. The van der Waals surface area contributed by atoms with Crippen LogP contribution in [0.4, 0.5) is 0 Å². The first-order chi connectivity index (χ1) is 33.0. The first-order valence-corrected chi connectivity index (χ1v) is 26.7. The molecular weight excluding hydrogens is 829 g/mol. The van der Waals surface area contributed by atoms with Crippen LogP contribution in [0.3, 0.4) is 0 Å². The normalized spacial score (nSPS) is 13.2. The first kappa shape index (κ1) is 62.5. The van der Waals surface area contributed by atoms with E-state index in [1.165, 1.54) is 64.2 Å². The van der Waals surface area contributed by atoms with Crippen molar-refractivity contribution in [2.45, 2.75) is 219 Å². The molecule has 376 valence electrons. The highest BCUT2D eigenvalue weighted by Gasteiger charge is 2.19. The highest BCUT2D eigenvalue weighted by molar-refractivity contribution is 5.71. The monoisotopic (exact) mass is 925 g/mol. The van der Waals surface area contributed by atoms with Gasteiger partial charge in [-0.15, -0.1) is 0 Å². The summed E-state index contributed by atoms with van der Waals surface area (Å²) in [4.78, 5) is 38.0. The van der Waals surface area contributed by atoms with E-state index in [-0.39, 0.29) is 38.0 Å². The van der Waals surface area contributed by atoms with E-state index >= 15 is 0 Å². The van der Waals surface area contributed by atoms with E-state index in [4.69, 9.17) is 14.2 Å². The largest absolute Gasteiger partial charge is 0.462 e. The molecule has 0 fully saturated rings. The second-order valence-electron chi connectivity index (χ2n) is 17.0. The summed E-state index contributed by atoms with van der Waals surface area (Å²) in [5.74, 6) is -1.09. The molecule has 0 aromatic rings. The SMILES string of the molecule is CC/C=C\C/C=C\C/C=C\C/C=C\C/C=C\C/C=C\CCC(=O)OC[C@H](COC(=O)CCCCCCC/C=C\CCCCCC)OC(=O)CCC/C=C\C/C=C\C/C=C\C/C=C\CCCCC. The molecule has 6 heteroatoms. The summed E-state index contributed by atoms with van der Waals surface area (Å²) in [5.41, 5.74) is 0. The van der Waals surface area contributed by atoms with E-state index in [1.54, 1.807) is 0 Å². The third-order valence-corrected chi connectivity index (χ3v) is 10.6. The number of unbranched alkanes of at least 4 members (excludes halogenated alkanes) is 13. The van der Waals surface area contributed by atoms with Gasteiger partial charge in [-0.05, 0) is 122 Å². The molecule has 0 bridgehead atoms. The minimum atomic E-state index is -0.845. The second kappa shape index (κ2) is 54.2. The van der Waals surface area contributed by atoms with E-state index in [1.807, 2.05) is 12.2 Å². The minimum absolute atomic E-state index is 0.132. The maximum absolute atomic E-state index is 12.8. The van der Waals surface area contributed by atoms with Gasteiger partial charge >= 0.3 is 17.9 Å². The van der Waals surface area contributed by atoms with Crippen LogP contribution < -0.4 is 0 Å². The molecule has 1 atom stereocenters. The van der Waals surface area contributed by atoms with E-state index in [9.17, 15) is 14.4 Å². The quantitative estimate of drug-likeness (QED) is 0.0262. The minimum Gasteiger partial charge on any atom is -0.462 e. The molecule has 0 heterocycles. The van der Waals surface area contributed by atoms with Crippen molar-refractivity contribution in [2.75, 3.05) is 13.2 Å². The van der Waals surface area contributed by atoms with Gasteiger partial charge in [-0.25, -0.2) is 0 Å². The summed E-state index contributed by atoms with van der Waals surface area (Å²) >= 11 is 0. The van der Waals surface area contributed by atoms with Crippen LogP contribution in [0.5, 0.6) is 0 Å². The van der Waals surface area contributed by atoms with Gasteiger partial charge < -0.3 is 14.2 Å². The summed E-state index contributed by atoms with van der Waals surface area (Å²) in [7, 11) is 0. The lowest BCUT2D eigenvalue weighted by molar-refractivity contribution is -0.166. The van der Waals surface area contributed by atoms with Crippen LogP contribution in [0.1, 0.15) is 213 Å². The smallest absolute Gasteiger partial charge is 0.306 e. The standard InChI is InChI=1S/C61H96O6/c1-4-7-10-13-16-19-22-25-27-29-30-32-33-36-39-42-45-48-51-54-60(63)66-57-58(56-65-59(62)53-50-47-44-41-38-35-24-21-18-15-12-9-6-3)67-61(64)55-52-49-46-43-40-37-34-31-28-26-23-20-17-14-11-8-5-2/h7,10,16-17,19-21,24-28,30,32,34,36-37,39,43,45-46,48,58H,4-6,8-9,11-15,18,22-23,29,31,33,35,38,40-42,44,47,49-57H2,1-3H3/b10-7-,19-16-,20-17-,24-21-,27-25-,28-26-,32-30-,37-34-,39-36-,46-43-,48-45-/t58-/m0/s1. The number of carbonyl (C=O) groups is 3. The summed E-state index contributed by atoms with van der Waals surface area (Å²) < 4.78 is 16.7. The first-order valence-electron chi connectivity index (χ1n) is 26.7. The molecule has 0 N–H and O–H groups in total. The van der Waals surface area contributed by atoms with Crippen LogP contribution in [-0.2, 0) is 28.6 Å². The summed E-state index contributed by atoms with van der Waals surface area (Å²) in [6.45, 7) is 6.34. The fraction of sp³-hybridized carbons (Fsp3) is 0.590. The predicted octanol–water partition coefficient (Wildman–Crippen LogP) is 17.9. The molecule has 0 aromatic carbocycles. The maximum Gasteiger partial charge on any atom is 0.306 e. The Morgan fingerprint density at radius 2 is 0.627 bits per heavy atom. The summed E-state index contributed by atoms with van der Waals surface area (Å²) in [6.07, 6.45) is 75.9. The van der Waals surface area contributed by atoms with E-state index in [2.05, 4.69) is 142 Å². The zero-order chi connectivity index (χ0) is 48.6. The van der Waals surface area contributed by atoms with Gasteiger partial charge in [0.05, 0.1) is 0 Å². The number of allylic oxidation sites excluding steroid dienone is 22. The van der Waals surface area contributed by atoms with Crippen LogP contribution >= 0.6 is 0 Å². The van der Waals surface area contributed by atoms with E-state index < -0.39 is 12.1 Å². The van der Waals surface area contributed by atoms with Crippen molar-refractivity contribution in [1.82, 2.24) is 0 Å². The summed E-state index contributed by atoms with van der Waals surface area (Å²) in [6, 6.07) is 0. The number of hydrogen-bond donors (Lipinski definition) is 0. The van der Waals surface area contributed by atoms with Crippen molar-refractivity contribution in [3.05, 3.63) is 134 Å². The molecule has 6 nitrogen and oxygen atoms in total. The number of hydrogen-bond acceptors (Lipinski definition) is 6. The third-order valence-electron chi connectivity index (χ3n) is 10.6. The zero-order valence-corrected chi connectivity index (χ0v) is 42.9. The summed E-state index contributed by atoms with van der Waals surface area (Å²) in [5, 5.41) is 0. The number of carbonyl (C=O) groups excluding carboxylic acids is 3. The Hall–Kier alpha value is -4.45. The molecule has 0 aromatic heterocycles. The van der Waals surface area contributed by atoms with Crippen LogP contribution in [0, 0.1) is 0 Å². The van der Waals surface area contributed by atoms with E-state index in [0.29, 0.717) is 19.3 Å². The lowest BCUT2D eigenvalue weighted by Crippen LogP contribution is -2.30. The van der Waals surface area contributed by atoms with Crippen LogP contribution in [0.25, 0.3) is 0 Å². The molecule has 0 rings (SSSR count). The average molecular weight is 925 g/mol. The van der Waals surface area contributed by atoms with Gasteiger partial charge in [0.15, 0.2) is 6.10 Å². The Balaban J connectivity index is 4.62. The second-order valence-corrected chi connectivity index (χ2v) is 17.0. The van der Waals surface area contributed by atoms with Gasteiger partial charge in [0.25, 0.3) is 0 Å². The Labute approximate surface area is 411 Å². The molecular formula is C61H96O6. The molecule has 0 aliphatic carbocycles. The Morgan fingerprint density at radius 3 is 1.09 bits per heavy atom. The van der Waals surface area contributed by atoms with Crippen molar-refractivity contribution >= 4 is 17.9 Å². The number of rotatable bonds is 46. The van der Waals surface area contributed by atoms with Crippen LogP contribution in [-0.4, -0.2) is 37.2 Å². The molecule has 0 aliphatic rings. The molecule has 0 spiro atoms. The molecule has 0 aliphatic heterocycles. The number of ether oxygens (including phenoxy) is 3. The lowest BCUT2D eigenvalue weighted by atomic mass is 10.1. The van der Waals surface area contributed by atoms with Crippen LogP contribution in [0.15, 0.2) is 134 Å². The topological polar surface area (TPSA) is 78.9 Å². The predicted molar refractivity (Wildman–Crippen MR) is 288 cm³/mol. The van der Waals surface area contributed by atoms with Gasteiger partial charge in [-0.2, -0.15) is 0 Å². The average Bonchev–Trinajstić information content (AvgIpc) is 3.33. The molecule has 0 amide bonds. The van der Waals surface area contributed by atoms with Gasteiger partial charge in [0.2, 0.25) is 0 Å². The lowest BCUT2D eigenvalue weighted by Gasteiger charge is -2.18. The highest BCUT2D eigenvalue weighted by Crippen LogP contribution is 2.11.